The van der Waals surface area contributed by atoms with E-state index in [-0.39, 0.29) is 0 Å². The van der Waals surface area contributed by atoms with Crippen molar-refractivity contribution in [3.63, 3.8) is 0 Å². The van der Waals surface area contributed by atoms with Crippen molar-refractivity contribution in [2.24, 2.45) is 5.73 Å². The van der Waals surface area contributed by atoms with Gasteiger partial charge in [0.2, 0.25) is 5.91 Å². The number of benzene rings is 1. The highest BCUT2D eigenvalue weighted by molar-refractivity contribution is 5.86. The van der Waals surface area contributed by atoms with Gasteiger partial charge in [0.15, 0.2) is 6.10 Å². The van der Waals surface area contributed by atoms with Crippen LogP contribution in [0.2, 0.25) is 0 Å². The van der Waals surface area contributed by atoms with E-state index in [0.717, 1.165) is 6.92 Å². The number of likely N-dealkylation sites (N-methyl/N-ethyl adjacent to an activating group) is 1. The van der Waals surface area contributed by atoms with Crippen molar-refractivity contribution in [2.45, 2.75) is 24.7 Å². The fourth-order valence-corrected chi connectivity index (χ4v) is 1.70. The number of hydrogen-bond acceptors (Lipinski definition) is 3. The molecule has 4 nitrogen and oxygen atoms in total. The molecular weight excluding hydrogens is 273 g/mol. The molecule has 2 atom stereocenters. The summed E-state index contributed by atoms with van der Waals surface area (Å²) in [5.74, 6) is -0.805. The molecule has 7 heteroatoms. The van der Waals surface area contributed by atoms with Gasteiger partial charge >= 0.3 is 6.18 Å². The van der Waals surface area contributed by atoms with Crippen LogP contribution in [0, 0.1) is 0 Å². The maximum absolute atomic E-state index is 12.5. The number of carbonyl (C=O) groups excluding carboxylic acids is 1. The van der Waals surface area contributed by atoms with E-state index in [1.54, 1.807) is 30.3 Å². The molecule has 1 aromatic rings. The number of nitrogens with one attached hydrogen (secondary N) is 1. The fourth-order valence-electron chi connectivity index (χ4n) is 1.70. The summed E-state index contributed by atoms with van der Waals surface area (Å²) in [6.45, 7) is 0.371. The topological polar surface area (TPSA) is 64.3 Å². The first-order chi connectivity index (χ1) is 9.24. The molecule has 1 amide bonds. The van der Waals surface area contributed by atoms with Gasteiger partial charge in [-0.05, 0) is 19.5 Å². The zero-order chi connectivity index (χ0) is 15.4. The fraction of sp³-hybridized carbons (Fsp3) is 0.462. The molecule has 3 N–H and O–H groups in total. The lowest BCUT2D eigenvalue weighted by atomic mass is 9.90. The second kappa shape index (κ2) is 6.23. The van der Waals surface area contributed by atoms with Gasteiger partial charge in [0, 0.05) is 0 Å². The van der Waals surface area contributed by atoms with Crippen LogP contribution < -0.4 is 11.1 Å². The molecular formula is C13H17F3N2O2. The Kier molecular flexibility index (Phi) is 5.13. The summed E-state index contributed by atoms with van der Waals surface area (Å²) in [5, 5.41) is 2.67. The molecule has 2 unspecified atom stereocenters. The molecule has 0 aliphatic rings. The summed E-state index contributed by atoms with van der Waals surface area (Å²) in [7, 11) is 1.44. The number of alkyl halides is 3. The van der Waals surface area contributed by atoms with E-state index in [0.29, 0.717) is 5.56 Å². The van der Waals surface area contributed by atoms with Gasteiger partial charge in [0.25, 0.3) is 0 Å². The van der Waals surface area contributed by atoms with Crippen LogP contribution >= 0.6 is 0 Å². The zero-order valence-corrected chi connectivity index (χ0v) is 11.2. The average molecular weight is 290 g/mol. The molecule has 0 radical (unpaired) electrons. The largest absolute Gasteiger partial charge is 0.414 e. The number of hydrogen-bond donors (Lipinski definition) is 2. The smallest absolute Gasteiger partial charge is 0.368 e. The maximum atomic E-state index is 12.5. The molecule has 0 aromatic heterocycles. The molecule has 0 saturated heterocycles. The summed E-state index contributed by atoms with van der Waals surface area (Å²) < 4.78 is 42.2. The van der Waals surface area contributed by atoms with Gasteiger partial charge in [0.05, 0.1) is 6.61 Å². The van der Waals surface area contributed by atoms with Crippen molar-refractivity contribution in [3.8, 4) is 0 Å². The van der Waals surface area contributed by atoms with Gasteiger partial charge in [-0.2, -0.15) is 13.2 Å². The van der Waals surface area contributed by atoms with Crippen LogP contribution in [-0.2, 0) is 15.1 Å². The van der Waals surface area contributed by atoms with E-state index in [9.17, 15) is 18.0 Å². The van der Waals surface area contributed by atoms with E-state index in [1.807, 2.05) is 0 Å². The van der Waals surface area contributed by atoms with Crippen molar-refractivity contribution < 1.29 is 22.7 Å². The van der Waals surface area contributed by atoms with E-state index in [1.165, 1.54) is 7.05 Å². The number of primary amides is 1. The molecule has 1 aromatic carbocycles. The van der Waals surface area contributed by atoms with Crippen LogP contribution in [0.3, 0.4) is 0 Å². The first-order valence-electron chi connectivity index (χ1n) is 5.96. The maximum Gasteiger partial charge on any atom is 0.414 e. The molecule has 0 aliphatic heterocycles. The highest BCUT2D eigenvalue weighted by atomic mass is 19.4. The Morgan fingerprint density at radius 2 is 1.90 bits per heavy atom. The van der Waals surface area contributed by atoms with Crippen molar-refractivity contribution >= 4 is 5.91 Å². The van der Waals surface area contributed by atoms with Crippen molar-refractivity contribution in [2.75, 3.05) is 13.7 Å². The van der Waals surface area contributed by atoms with Gasteiger partial charge in [-0.1, -0.05) is 30.3 Å². The Morgan fingerprint density at radius 1 is 1.35 bits per heavy atom. The third-order valence-electron chi connectivity index (χ3n) is 3.12. The zero-order valence-electron chi connectivity index (χ0n) is 11.2. The van der Waals surface area contributed by atoms with Gasteiger partial charge < -0.3 is 15.8 Å². The predicted molar refractivity (Wildman–Crippen MR) is 67.8 cm³/mol. The van der Waals surface area contributed by atoms with Crippen LogP contribution in [0.5, 0.6) is 0 Å². The molecule has 0 spiro atoms. The molecule has 0 bridgehead atoms. The first-order valence-corrected chi connectivity index (χ1v) is 5.96. The van der Waals surface area contributed by atoms with Crippen LogP contribution in [0.25, 0.3) is 0 Å². The number of carbonyl (C=O) groups is 1. The molecule has 0 heterocycles. The number of amides is 1. The van der Waals surface area contributed by atoms with Gasteiger partial charge in [0.1, 0.15) is 5.54 Å². The summed E-state index contributed by atoms with van der Waals surface area (Å²) in [5.41, 5.74) is 4.30. The minimum absolute atomic E-state index is 0.448. The highest BCUT2D eigenvalue weighted by Crippen LogP contribution is 2.26. The number of ether oxygens (including phenoxy) is 1. The molecule has 0 fully saturated rings. The SMILES string of the molecule is CNC(COC(C)C(F)(F)F)(C(N)=O)c1ccccc1. The molecule has 0 saturated carbocycles. The molecule has 20 heavy (non-hydrogen) atoms. The van der Waals surface area contributed by atoms with E-state index >= 15 is 0 Å². The number of rotatable bonds is 6. The summed E-state index contributed by atoms with van der Waals surface area (Å²) in [4.78, 5) is 11.7. The Hall–Kier alpha value is -1.60. The lowest BCUT2D eigenvalue weighted by Crippen LogP contribution is -2.55. The average Bonchev–Trinajstić information content (AvgIpc) is 2.39. The first kappa shape index (κ1) is 16.5. The van der Waals surface area contributed by atoms with Gasteiger partial charge in [-0.15, -0.1) is 0 Å². The molecule has 112 valence electrons. The minimum atomic E-state index is -4.49. The molecule has 1 rings (SSSR count). The van der Waals surface area contributed by atoms with Crippen LogP contribution in [0.15, 0.2) is 30.3 Å². The van der Waals surface area contributed by atoms with Gasteiger partial charge in [-0.3, -0.25) is 4.79 Å². The van der Waals surface area contributed by atoms with E-state index < -0.39 is 30.3 Å². The monoisotopic (exact) mass is 290 g/mol. The van der Waals surface area contributed by atoms with E-state index in [4.69, 9.17) is 10.5 Å². The Bertz CT molecular complexity index is 451. The summed E-state index contributed by atoms with van der Waals surface area (Å²) >= 11 is 0. The second-order valence-electron chi connectivity index (χ2n) is 4.38. The number of halogens is 3. The normalized spacial score (nSPS) is 16.4. The van der Waals surface area contributed by atoms with Crippen LogP contribution in [0.1, 0.15) is 12.5 Å². The summed E-state index contributed by atoms with van der Waals surface area (Å²) in [6.07, 6.45) is -6.48. The van der Waals surface area contributed by atoms with E-state index in [2.05, 4.69) is 5.32 Å². The lowest BCUT2D eigenvalue weighted by Gasteiger charge is -2.32. The Labute approximate surface area is 115 Å². The third-order valence-corrected chi connectivity index (χ3v) is 3.12. The highest BCUT2D eigenvalue weighted by Gasteiger charge is 2.42. The Balaban J connectivity index is 3.00. The predicted octanol–water partition coefficient (Wildman–Crippen LogP) is 1.55. The summed E-state index contributed by atoms with van der Waals surface area (Å²) in [6, 6.07) is 8.25. The number of nitrogens with two attached hydrogens (primary N) is 1. The molecule has 0 aliphatic carbocycles. The quantitative estimate of drug-likeness (QED) is 0.835. The van der Waals surface area contributed by atoms with Gasteiger partial charge in [-0.25, -0.2) is 0 Å². The van der Waals surface area contributed by atoms with Crippen molar-refractivity contribution in [1.29, 1.82) is 0 Å². The minimum Gasteiger partial charge on any atom is -0.368 e. The second-order valence-corrected chi connectivity index (χ2v) is 4.38. The van der Waals surface area contributed by atoms with Crippen molar-refractivity contribution in [1.82, 2.24) is 5.32 Å². The third kappa shape index (κ3) is 3.49. The lowest BCUT2D eigenvalue weighted by molar-refractivity contribution is -0.218. The van der Waals surface area contributed by atoms with Crippen molar-refractivity contribution in [3.05, 3.63) is 35.9 Å². The standard InChI is InChI=1S/C13H17F3N2O2/c1-9(13(14,15)16)20-8-12(18-2,11(17)19)10-6-4-3-5-7-10/h3-7,9,18H,8H2,1-2H3,(H2,17,19). The van der Waals surface area contributed by atoms with Crippen LogP contribution in [0.4, 0.5) is 13.2 Å². The Morgan fingerprint density at radius 3 is 2.30 bits per heavy atom. The van der Waals surface area contributed by atoms with Crippen LogP contribution in [-0.4, -0.2) is 31.8 Å².